The second-order valence-corrected chi connectivity index (χ2v) is 7.07. The lowest BCUT2D eigenvalue weighted by Crippen LogP contribution is -2.30. The first-order chi connectivity index (χ1) is 11.6. The molecular weight excluding hydrogens is 320 g/mol. The predicted octanol–water partition coefficient (Wildman–Crippen LogP) is 4.25. The molecule has 128 valence electrons. The van der Waals surface area contributed by atoms with E-state index in [1.807, 2.05) is 18.2 Å². The van der Waals surface area contributed by atoms with Crippen molar-refractivity contribution in [3.05, 3.63) is 41.0 Å². The lowest BCUT2D eigenvalue weighted by Gasteiger charge is -2.28. The molecule has 0 bridgehead atoms. The minimum Gasteiger partial charge on any atom is -0.354 e. The molecule has 4 nitrogen and oxygen atoms in total. The highest BCUT2D eigenvalue weighted by molar-refractivity contribution is 6.33. The number of piperidine rings is 1. The molecule has 1 aliphatic heterocycles. The average Bonchev–Trinajstić information content (AvgIpc) is 2.59. The van der Waals surface area contributed by atoms with Crippen molar-refractivity contribution < 1.29 is 0 Å². The molecule has 0 radical (unpaired) electrons. The molecule has 1 aliphatic rings. The van der Waals surface area contributed by atoms with Crippen LogP contribution in [-0.2, 0) is 0 Å². The summed E-state index contributed by atoms with van der Waals surface area (Å²) in [6.45, 7) is 5.39. The fraction of sp³-hybridized carbons (Fsp3) is 0.474. The van der Waals surface area contributed by atoms with Gasteiger partial charge in [0.15, 0.2) is 0 Å². The summed E-state index contributed by atoms with van der Waals surface area (Å²) >= 11 is 6.31. The van der Waals surface area contributed by atoms with Gasteiger partial charge in [-0.2, -0.15) is 0 Å². The second-order valence-electron chi connectivity index (χ2n) is 6.67. The Labute approximate surface area is 149 Å². The Morgan fingerprint density at radius 2 is 2.00 bits per heavy atom. The number of anilines is 1. The largest absolute Gasteiger partial charge is 0.354 e. The van der Waals surface area contributed by atoms with E-state index in [2.05, 4.69) is 40.2 Å². The van der Waals surface area contributed by atoms with E-state index in [0.29, 0.717) is 11.0 Å². The van der Waals surface area contributed by atoms with Crippen molar-refractivity contribution in [2.75, 3.05) is 32.0 Å². The number of rotatable bonds is 5. The second kappa shape index (κ2) is 7.95. The van der Waals surface area contributed by atoms with E-state index in [4.69, 9.17) is 11.6 Å². The standard InChI is InChI=1S/C19H25ClN4/c1-14-5-3-4-6-16(14)18-17(20)13-22-19(23-18)21-10-7-15-8-11-24(2)12-9-15/h3-6,13,15H,7-12H2,1-2H3,(H,21,22,23). The molecule has 1 N–H and O–H groups in total. The van der Waals surface area contributed by atoms with Crippen LogP contribution in [0.25, 0.3) is 11.3 Å². The van der Waals surface area contributed by atoms with E-state index >= 15 is 0 Å². The molecular formula is C19H25ClN4. The van der Waals surface area contributed by atoms with Crippen LogP contribution in [0.4, 0.5) is 5.95 Å². The highest BCUT2D eigenvalue weighted by atomic mass is 35.5. The highest BCUT2D eigenvalue weighted by Crippen LogP contribution is 2.28. The number of likely N-dealkylation sites (tertiary alicyclic amines) is 1. The third-order valence-electron chi connectivity index (χ3n) is 4.82. The molecule has 2 aromatic rings. The fourth-order valence-corrected chi connectivity index (χ4v) is 3.41. The summed E-state index contributed by atoms with van der Waals surface area (Å²) in [6.07, 6.45) is 5.43. The van der Waals surface area contributed by atoms with Crippen molar-refractivity contribution in [2.24, 2.45) is 5.92 Å². The lowest BCUT2D eigenvalue weighted by atomic mass is 9.94. The number of nitrogens with one attached hydrogen (secondary N) is 1. The number of halogens is 1. The zero-order chi connectivity index (χ0) is 16.9. The van der Waals surface area contributed by atoms with Crippen molar-refractivity contribution >= 4 is 17.5 Å². The molecule has 0 amide bonds. The number of hydrogen-bond acceptors (Lipinski definition) is 4. The summed E-state index contributed by atoms with van der Waals surface area (Å²) in [4.78, 5) is 11.4. The number of hydrogen-bond donors (Lipinski definition) is 1. The summed E-state index contributed by atoms with van der Waals surface area (Å²) in [5.41, 5.74) is 3.02. The van der Waals surface area contributed by atoms with Crippen LogP contribution in [0, 0.1) is 12.8 Å². The van der Waals surface area contributed by atoms with E-state index < -0.39 is 0 Å². The monoisotopic (exact) mass is 344 g/mol. The van der Waals surface area contributed by atoms with Crippen molar-refractivity contribution in [2.45, 2.75) is 26.2 Å². The molecule has 0 aliphatic carbocycles. The third kappa shape index (κ3) is 4.25. The van der Waals surface area contributed by atoms with Gasteiger partial charge < -0.3 is 10.2 Å². The Morgan fingerprint density at radius 3 is 2.75 bits per heavy atom. The Balaban J connectivity index is 1.63. The van der Waals surface area contributed by atoms with Crippen molar-refractivity contribution in [1.82, 2.24) is 14.9 Å². The van der Waals surface area contributed by atoms with Gasteiger partial charge in [0, 0.05) is 12.1 Å². The maximum atomic E-state index is 6.31. The van der Waals surface area contributed by atoms with Crippen molar-refractivity contribution in [3.8, 4) is 11.3 Å². The topological polar surface area (TPSA) is 41.1 Å². The molecule has 1 aromatic heterocycles. The molecule has 0 spiro atoms. The molecule has 5 heteroatoms. The van der Waals surface area contributed by atoms with Crippen LogP contribution in [0.1, 0.15) is 24.8 Å². The minimum atomic E-state index is 0.588. The van der Waals surface area contributed by atoms with E-state index in [0.717, 1.165) is 29.3 Å². The van der Waals surface area contributed by atoms with Crippen molar-refractivity contribution in [1.29, 1.82) is 0 Å². The predicted molar refractivity (Wildman–Crippen MR) is 101 cm³/mol. The van der Waals surface area contributed by atoms with Crippen LogP contribution in [0.2, 0.25) is 5.02 Å². The Kier molecular flexibility index (Phi) is 5.69. The summed E-state index contributed by atoms with van der Waals surface area (Å²) in [5, 5.41) is 3.95. The van der Waals surface area contributed by atoms with Gasteiger partial charge in [0.2, 0.25) is 5.95 Å². The van der Waals surface area contributed by atoms with Gasteiger partial charge in [0.1, 0.15) is 0 Å². The van der Waals surface area contributed by atoms with Gasteiger partial charge in [0.05, 0.1) is 16.9 Å². The van der Waals surface area contributed by atoms with Gasteiger partial charge in [-0.3, -0.25) is 0 Å². The van der Waals surface area contributed by atoms with Gasteiger partial charge in [-0.05, 0) is 57.8 Å². The smallest absolute Gasteiger partial charge is 0.223 e. The molecule has 1 aromatic carbocycles. The van der Waals surface area contributed by atoms with Crippen LogP contribution in [0.5, 0.6) is 0 Å². The summed E-state index contributed by atoms with van der Waals surface area (Å²) in [5.74, 6) is 1.46. The molecule has 1 fully saturated rings. The maximum Gasteiger partial charge on any atom is 0.223 e. The molecule has 2 heterocycles. The molecule has 0 atom stereocenters. The SMILES string of the molecule is Cc1ccccc1-c1nc(NCCC2CCN(C)CC2)ncc1Cl. The molecule has 0 unspecified atom stereocenters. The van der Waals surface area contributed by atoms with Crippen LogP contribution in [-0.4, -0.2) is 41.5 Å². The highest BCUT2D eigenvalue weighted by Gasteiger charge is 2.16. The van der Waals surface area contributed by atoms with Crippen LogP contribution in [0.3, 0.4) is 0 Å². The zero-order valence-corrected chi connectivity index (χ0v) is 15.2. The first-order valence-electron chi connectivity index (χ1n) is 8.64. The van der Waals surface area contributed by atoms with Crippen LogP contribution < -0.4 is 5.32 Å². The van der Waals surface area contributed by atoms with Gasteiger partial charge in [-0.1, -0.05) is 35.9 Å². The third-order valence-corrected chi connectivity index (χ3v) is 5.09. The first kappa shape index (κ1) is 17.2. The van der Waals surface area contributed by atoms with Gasteiger partial charge in [-0.15, -0.1) is 0 Å². The molecule has 0 saturated carbocycles. The molecule has 1 saturated heterocycles. The summed E-state index contributed by atoms with van der Waals surface area (Å²) in [7, 11) is 2.20. The van der Waals surface area contributed by atoms with Crippen molar-refractivity contribution in [3.63, 3.8) is 0 Å². The average molecular weight is 345 g/mol. The quantitative estimate of drug-likeness (QED) is 0.880. The molecule has 24 heavy (non-hydrogen) atoms. The Morgan fingerprint density at radius 1 is 1.25 bits per heavy atom. The van der Waals surface area contributed by atoms with Crippen LogP contribution in [0.15, 0.2) is 30.5 Å². The summed E-state index contributed by atoms with van der Waals surface area (Å²) in [6, 6.07) is 8.15. The number of nitrogens with zero attached hydrogens (tertiary/aromatic N) is 3. The van der Waals surface area contributed by atoms with Gasteiger partial charge in [-0.25, -0.2) is 9.97 Å². The fourth-order valence-electron chi connectivity index (χ4n) is 3.22. The number of benzene rings is 1. The number of aromatic nitrogens is 2. The van der Waals surface area contributed by atoms with Gasteiger partial charge >= 0.3 is 0 Å². The van der Waals surface area contributed by atoms with E-state index in [9.17, 15) is 0 Å². The zero-order valence-electron chi connectivity index (χ0n) is 14.4. The minimum absolute atomic E-state index is 0.588. The van der Waals surface area contributed by atoms with E-state index in [1.165, 1.54) is 32.4 Å². The molecule has 3 rings (SSSR count). The van der Waals surface area contributed by atoms with E-state index in [1.54, 1.807) is 6.20 Å². The van der Waals surface area contributed by atoms with E-state index in [-0.39, 0.29) is 0 Å². The maximum absolute atomic E-state index is 6.31. The van der Waals surface area contributed by atoms with Gasteiger partial charge in [0.25, 0.3) is 0 Å². The number of aryl methyl sites for hydroxylation is 1. The Hall–Kier alpha value is -1.65. The normalized spacial score (nSPS) is 16.3. The van der Waals surface area contributed by atoms with Crippen LogP contribution >= 0.6 is 11.6 Å². The summed E-state index contributed by atoms with van der Waals surface area (Å²) < 4.78 is 0. The Bertz CT molecular complexity index is 681. The lowest BCUT2D eigenvalue weighted by molar-refractivity contribution is 0.215. The first-order valence-corrected chi connectivity index (χ1v) is 9.02.